The summed E-state index contributed by atoms with van der Waals surface area (Å²) in [6.07, 6.45) is 3.20. The molecule has 2 heterocycles. The average Bonchev–Trinajstić information content (AvgIpc) is 3.36. The molecule has 0 radical (unpaired) electrons. The molecule has 0 spiro atoms. The maximum absolute atomic E-state index is 14.2. The third kappa shape index (κ3) is 6.27. The zero-order valence-corrected chi connectivity index (χ0v) is 24.6. The lowest BCUT2D eigenvalue weighted by Gasteiger charge is -2.13. The van der Waals surface area contributed by atoms with Gasteiger partial charge >= 0.3 is 5.97 Å². The van der Waals surface area contributed by atoms with E-state index in [0.29, 0.717) is 16.8 Å². The molecular weight excluding hydrogens is 580 g/mol. The van der Waals surface area contributed by atoms with E-state index >= 15 is 0 Å². The maximum atomic E-state index is 14.2. The SMILES string of the molecule is Cc1c(C=C=Cc2ccc(N(C)C)cc2)c(=O)n(-c2cc(COO)cc(C(=O)O)c2)c2[nH]n(-c3cccc(COO)c3)c(=O)c12. The van der Waals surface area contributed by atoms with Gasteiger partial charge in [0.05, 0.1) is 27.9 Å². The van der Waals surface area contributed by atoms with E-state index in [1.54, 1.807) is 37.3 Å². The molecule has 12 nitrogen and oxygen atoms in total. The van der Waals surface area contributed by atoms with Crippen LogP contribution in [0.3, 0.4) is 0 Å². The van der Waals surface area contributed by atoms with Crippen molar-refractivity contribution in [3.63, 3.8) is 0 Å². The largest absolute Gasteiger partial charge is 0.478 e. The number of aryl methyl sites for hydroxylation is 1. The van der Waals surface area contributed by atoms with Crippen LogP contribution in [0.1, 0.15) is 38.2 Å². The van der Waals surface area contributed by atoms with Crippen LogP contribution in [-0.4, -0.2) is 50.0 Å². The Morgan fingerprint density at radius 3 is 2.27 bits per heavy atom. The fraction of sp³-hybridized carbons (Fsp3) is 0.152. The molecular formula is C33H30N4O8. The number of pyridine rings is 1. The van der Waals surface area contributed by atoms with Crippen LogP contribution in [0.25, 0.3) is 34.6 Å². The van der Waals surface area contributed by atoms with E-state index in [1.807, 2.05) is 43.3 Å². The number of H-pyrrole nitrogens is 1. The number of nitrogens with one attached hydrogen (secondary N) is 1. The summed E-state index contributed by atoms with van der Waals surface area (Å²) in [4.78, 5) is 50.6. The van der Waals surface area contributed by atoms with Crippen molar-refractivity contribution < 1.29 is 30.2 Å². The van der Waals surface area contributed by atoms with E-state index < -0.39 is 17.1 Å². The van der Waals surface area contributed by atoms with Crippen molar-refractivity contribution >= 4 is 34.8 Å². The highest BCUT2D eigenvalue weighted by Crippen LogP contribution is 2.23. The summed E-state index contributed by atoms with van der Waals surface area (Å²) in [5.41, 5.74) is 5.83. The quantitative estimate of drug-likeness (QED) is 0.0985. The minimum atomic E-state index is -1.26. The fourth-order valence-corrected chi connectivity index (χ4v) is 5.07. The molecule has 0 saturated carbocycles. The highest BCUT2D eigenvalue weighted by molar-refractivity contribution is 5.89. The molecule has 0 bridgehead atoms. The van der Waals surface area contributed by atoms with E-state index in [0.717, 1.165) is 11.3 Å². The third-order valence-electron chi connectivity index (χ3n) is 7.31. The molecule has 2 aromatic heterocycles. The van der Waals surface area contributed by atoms with Crippen LogP contribution in [0, 0.1) is 6.92 Å². The Balaban J connectivity index is 1.79. The van der Waals surface area contributed by atoms with Crippen LogP contribution >= 0.6 is 0 Å². The Kier molecular flexibility index (Phi) is 8.96. The van der Waals surface area contributed by atoms with Gasteiger partial charge in [-0.3, -0.25) is 29.8 Å². The number of carbonyl (C=O) groups is 1. The zero-order chi connectivity index (χ0) is 32.2. The lowest BCUT2D eigenvalue weighted by Crippen LogP contribution is -2.24. The van der Waals surface area contributed by atoms with Crippen molar-refractivity contribution in [2.75, 3.05) is 19.0 Å². The van der Waals surface area contributed by atoms with Crippen LogP contribution in [0.4, 0.5) is 5.69 Å². The van der Waals surface area contributed by atoms with Crippen molar-refractivity contribution in [1.29, 1.82) is 0 Å². The summed E-state index contributed by atoms with van der Waals surface area (Å²) >= 11 is 0. The molecule has 0 saturated heterocycles. The predicted octanol–water partition coefficient (Wildman–Crippen LogP) is 4.85. The molecule has 0 fully saturated rings. The van der Waals surface area contributed by atoms with Gasteiger partial charge in [-0.1, -0.05) is 24.3 Å². The van der Waals surface area contributed by atoms with Crippen LogP contribution in [0.15, 0.2) is 82.1 Å². The van der Waals surface area contributed by atoms with E-state index in [2.05, 4.69) is 20.6 Å². The van der Waals surface area contributed by atoms with Crippen LogP contribution in [-0.2, 0) is 23.0 Å². The maximum Gasteiger partial charge on any atom is 0.335 e. The van der Waals surface area contributed by atoms with E-state index in [-0.39, 0.29) is 46.6 Å². The van der Waals surface area contributed by atoms with Crippen LogP contribution < -0.4 is 16.0 Å². The first-order valence-electron chi connectivity index (χ1n) is 13.7. The van der Waals surface area contributed by atoms with Crippen molar-refractivity contribution in [3.8, 4) is 11.4 Å². The molecule has 0 atom stereocenters. The van der Waals surface area contributed by atoms with E-state index in [4.69, 9.17) is 10.5 Å². The summed E-state index contributed by atoms with van der Waals surface area (Å²) < 4.78 is 2.47. The summed E-state index contributed by atoms with van der Waals surface area (Å²) in [6, 6.07) is 18.5. The number of hydrogen-bond donors (Lipinski definition) is 4. The second kappa shape index (κ2) is 13.0. The van der Waals surface area contributed by atoms with Crippen molar-refractivity contribution in [1.82, 2.24) is 14.3 Å². The standard InChI is InChI=1S/C33H30N4O8/c1-20-28(9-5-6-21-10-12-25(13-11-21)35(2)3)31(38)36(27-16-23(19-45-43)14-24(17-27)33(40)41)30-29(20)32(39)37(34-30)26-8-4-7-22(15-26)18-44-42/h4,6-17,34,42-43H,18-19H2,1-3H3,(H,40,41). The number of aromatic nitrogens is 3. The van der Waals surface area contributed by atoms with Gasteiger partial charge in [-0.15, -0.1) is 5.73 Å². The topological polar surface area (TPSA) is 159 Å². The molecule has 0 amide bonds. The van der Waals surface area contributed by atoms with Gasteiger partial charge in [0, 0.05) is 19.8 Å². The molecule has 45 heavy (non-hydrogen) atoms. The van der Waals surface area contributed by atoms with Gasteiger partial charge in [-0.2, -0.15) is 0 Å². The van der Waals surface area contributed by atoms with Crippen molar-refractivity contribution in [2.45, 2.75) is 20.1 Å². The van der Waals surface area contributed by atoms with Crippen LogP contribution in [0.5, 0.6) is 0 Å². The lowest BCUT2D eigenvalue weighted by atomic mass is 10.1. The minimum absolute atomic E-state index is 0.108. The van der Waals surface area contributed by atoms with Gasteiger partial charge in [-0.25, -0.2) is 19.3 Å². The Labute approximate surface area is 256 Å². The first-order chi connectivity index (χ1) is 21.6. The number of aromatic amines is 1. The van der Waals surface area contributed by atoms with E-state index in [1.165, 1.54) is 33.5 Å². The molecule has 4 N–H and O–H groups in total. The normalized spacial score (nSPS) is 11.0. The van der Waals surface area contributed by atoms with Gasteiger partial charge in [0.1, 0.15) is 18.9 Å². The molecule has 12 heteroatoms. The summed E-state index contributed by atoms with van der Waals surface area (Å²) in [5.74, 6) is -1.26. The Morgan fingerprint density at radius 2 is 1.60 bits per heavy atom. The van der Waals surface area contributed by atoms with Gasteiger partial charge in [-0.05, 0) is 83.8 Å². The smallest absolute Gasteiger partial charge is 0.335 e. The van der Waals surface area contributed by atoms with Crippen molar-refractivity contribution in [3.05, 3.63) is 127 Å². The Bertz CT molecular complexity index is 2080. The molecule has 0 aliphatic rings. The molecule has 5 rings (SSSR count). The summed E-state index contributed by atoms with van der Waals surface area (Å²) in [7, 11) is 3.88. The minimum Gasteiger partial charge on any atom is -0.478 e. The number of hydrogen-bond acceptors (Lipinski definition) is 8. The second-order valence-electron chi connectivity index (χ2n) is 10.5. The highest BCUT2D eigenvalue weighted by atomic mass is 17.1. The number of carboxylic acids is 1. The van der Waals surface area contributed by atoms with Gasteiger partial charge in [0.15, 0.2) is 0 Å². The van der Waals surface area contributed by atoms with E-state index in [9.17, 15) is 19.5 Å². The first kappa shape index (κ1) is 31.0. The number of anilines is 1. The number of nitrogens with zero attached hydrogens (tertiary/aromatic N) is 3. The molecule has 0 unspecified atom stereocenters. The number of rotatable bonds is 10. The monoisotopic (exact) mass is 610 g/mol. The van der Waals surface area contributed by atoms with Crippen LogP contribution in [0.2, 0.25) is 0 Å². The lowest BCUT2D eigenvalue weighted by molar-refractivity contribution is -0.253. The number of carboxylic acid groups (broad SMARTS) is 1. The van der Waals surface area contributed by atoms with Gasteiger partial charge in [0.25, 0.3) is 11.1 Å². The summed E-state index contributed by atoms with van der Waals surface area (Å²) in [5, 5.41) is 30.9. The molecule has 0 aliphatic heterocycles. The summed E-state index contributed by atoms with van der Waals surface area (Å²) in [6.45, 7) is 1.21. The Hall–Kier alpha value is -5.49. The Morgan fingerprint density at radius 1 is 0.911 bits per heavy atom. The number of benzene rings is 3. The van der Waals surface area contributed by atoms with Gasteiger partial charge in [0.2, 0.25) is 0 Å². The molecule has 230 valence electrons. The van der Waals surface area contributed by atoms with Gasteiger partial charge < -0.3 is 10.0 Å². The zero-order valence-electron chi connectivity index (χ0n) is 24.6. The molecule has 0 aliphatic carbocycles. The molecule has 5 aromatic rings. The fourth-order valence-electron chi connectivity index (χ4n) is 5.07. The second-order valence-corrected chi connectivity index (χ2v) is 10.5. The number of aromatic carboxylic acids is 1. The third-order valence-corrected chi connectivity index (χ3v) is 7.31. The average molecular weight is 611 g/mol. The highest BCUT2D eigenvalue weighted by Gasteiger charge is 2.22. The molecule has 3 aromatic carbocycles. The predicted molar refractivity (Wildman–Crippen MR) is 169 cm³/mol. The number of fused-ring (bicyclic) bond motifs is 1. The van der Waals surface area contributed by atoms with Crippen molar-refractivity contribution in [2.24, 2.45) is 0 Å². The first-order valence-corrected chi connectivity index (χ1v) is 13.7.